The molecule has 0 aromatic carbocycles. The Hall–Kier alpha value is -1.90. The van der Waals surface area contributed by atoms with Gasteiger partial charge in [0.1, 0.15) is 21.8 Å². The number of hydrogen-bond acceptors (Lipinski definition) is 9. The standard InChI is InChI=1S/C14H17N5O6S3/c1-25-14(16-8(20)6-28(2)24)12(23)19-10(11(21)22)7(5-27-13(14)19)4-26-9-3-15-18-17-9/h3,13H,4-6H2,1-2H3,(H,16,20)(H,21,22)(H,15,17,18)/t13-,14+,28?/m1/s1. The lowest BCUT2D eigenvalue weighted by atomic mass is 9.98. The third-order valence-electron chi connectivity index (χ3n) is 4.08. The topological polar surface area (TPSA) is 155 Å². The number of aliphatic carboxylic acids is 1. The van der Waals surface area contributed by atoms with E-state index in [9.17, 15) is 23.7 Å². The number of methoxy groups -OCH3 is 1. The molecule has 3 N–H and O–H groups in total. The van der Waals surface area contributed by atoms with Crippen LogP contribution < -0.4 is 5.32 Å². The molecule has 1 aromatic heterocycles. The highest BCUT2D eigenvalue weighted by Crippen LogP contribution is 2.47. The molecule has 152 valence electrons. The molecular weight excluding hydrogens is 430 g/mol. The van der Waals surface area contributed by atoms with E-state index in [4.69, 9.17) is 4.74 Å². The molecule has 2 aliphatic heterocycles. The molecule has 1 saturated heterocycles. The van der Waals surface area contributed by atoms with E-state index in [1.807, 2.05) is 0 Å². The number of β-lactam (4-membered cyclic amide) rings is 1. The number of carboxylic acid groups (broad SMARTS) is 1. The van der Waals surface area contributed by atoms with Crippen molar-refractivity contribution in [3.8, 4) is 0 Å². The maximum absolute atomic E-state index is 12.8. The molecule has 1 fully saturated rings. The molecular formula is C14H17N5O6S3. The van der Waals surface area contributed by atoms with Gasteiger partial charge in [-0.15, -0.1) is 16.9 Å². The fourth-order valence-electron chi connectivity index (χ4n) is 2.90. The number of nitrogens with zero attached hydrogens (tertiary/aromatic N) is 3. The van der Waals surface area contributed by atoms with E-state index in [0.717, 1.165) is 4.90 Å². The van der Waals surface area contributed by atoms with Gasteiger partial charge in [0.05, 0.1) is 6.20 Å². The molecule has 3 rings (SSSR count). The quantitative estimate of drug-likeness (QED) is 0.256. The summed E-state index contributed by atoms with van der Waals surface area (Å²) in [6.45, 7) is 0. The van der Waals surface area contributed by atoms with E-state index in [1.54, 1.807) is 0 Å². The molecule has 3 heterocycles. The summed E-state index contributed by atoms with van der Waals surface area (Å²) >= 11 is 2.58. The van der Waals surface area contributed by atoms with Crippen LogP contribution in [0.25, 0.3) is 0 Å². The van der Waals surface area contributed by atoms with Crippen molar-refractivity contribution < 1.29 is 28.4 Å². The minimum Gasteiger partial charge on any atom is -0.477 e. The Morgan fingerprint density at radius 3 is 2.93 bits per heavy atom. The zero-order chi connectivity index (χ0) is 20.5. The Morgan fingerprint density at radius 1 is 1.61 bits per heavy atom. The van der Waals surface area contributed by atoms with Crippen molar-refractivity contribution in [2.75, 3.05) is 30.6 Å². The summed E-state index contributed by atoms with van der Waals surface area (Å²) in [5, 5.41) is 22.1. The fourth-order valence-corrected chi connectivity index (χ4v) is 5.71. The monoisotopic (exact) mass is 447 g/mol. The van der Waals surface area contributed by atoms with Crippen LogP contribution in [0.5, 0.6) is 0 Å². The normalized spacial score (nSPS) is 25.1. The summed E-state index contributed by atoms with van der Waals surface area (Å²) in [7, 11) is -0.125. The Kier molecular flexibility index (Phi) is 6.12. The van der Waals surface area contributed by atoms with Crippen LogP contribution in [0, 0.1) is 0 Å². The number of ether oxygens (including phenoxy) is 1. The lowest BCUT2D eigenvalue weighted by Crippen LogP contribution is -2.80. The summed E-state index contributed by atoms with van der Waals surface area (Å²) in [4.78, 5) is 37.9. The fraction of sp³-hybridized carbons (Fsp3) is 0.500. The van der Waals surface area contributed by atoms with Gasteiger partial charge >= 0.3 is 5.97 Å². The predicted octanol–water partition coefficient (Wildman–Crippen LogP) is -1.01. The Labute approximate surface area is 170 Å². The van der Waals surface area contributed by atoms with E-state index >= 15 is 0 Å². The van der Waals surface area contributed by atoms with Crippen molar-refractivity contribution >= 4 is 52.1 Å². The molecule has 11 nitrogen and oxygen atoms in total. The SMILES string of the molecule is CO[C@@]1(NC(=O)CS(C)=O)C(=O)N2C(C(=O)O)=C(CSc3cn[nH]n3)CS[C@@H]21. The third kappa shape index (κ3) is 3.68. The maximum atomic E-state index is 12.8. The summed E-state index contributed by atoms with van der Waals surface area (Å²) < 4.78 is 16.6. The van der Waals surface area contributed by atoms with Crippen molar-refractivity contribution in [1.29, 1.82) is 0 Å². The third-order valence-corrected chi connectivity index (χ3v) is 7.11. The Morgan fingerprint density at radius 2 is 2.36 bits per heavy atom. The van der Waals surface area contributed by atoms with E-state index in [2.05, 4.69) is 20.7 Å². The first kappa shape index (κ1) is 20.8. The molecule has 1 aromatic rings. The van der Waals surface area contributed by atoms with Crippen molar-refractivity contribution in [1.82, 2.24) is 25.6 Å². The first-order valence-corrected chi connectivity index (χ1v) is 11.6. The Balaban J connectivity index is 1.82. The molecule has 0 bridgehead atoms. The van der Waals surface area contributed by atoms with Gasteiger partial charge in [-0.25, -0.2) is 4.79 Å². The number of H-pyrrole nitrogens is 1. The number of aromatic nitrogens is 3. The number of carbonyl (C=O) groups excluding carboxylic acids is 2. The van der Waals surface area contributed by atoms with Crippen LogP contribution in [0.4, 0.5) is 0 Å². The van der Waals surface area contributed by atoms with Crippen molar-refractivity contribution in [3.05, 3.63) is 17.5 Å². The molecule has 2 aliphatic rings. The van der Waals surface area contributed by atoms with Gasteiger partial charge in [-0.2, -0.15) is 10.3 Å². The van der Waals surface area contributed by atoms with Crippen LogP contribution in [0.15, 0.2) is 22.5 Å². The number of fused-ring (bicyclic) bond motifs is 1. The molecule has 1 unspecified atom stereocenters. The highest BCUT2D eigenvalue weighted by Gasteiger charge is 2.66. The molecule has 3 atom stereocenters. The lowest BCUT2D eigenvalue weighted by Gasteiger charge is -2.55. The molecule has 0 saturated carbocycles. The number of hydrogen-bond donors (Lipinski definition) is 3. The average Bonchev–Trinajstić information content (AvgIpc) is 3.16. The highest BCUT2D eigenvalue weighted by molar-refractivity contribution is 8.01. The first-order chi connectivity index (χ1) is 13.3. The molecule has 0 radical (unpaired) electrons. The van der Waals surface area contributed by atoms with Gasteiger partial charge in [0, 0.05) is 35.7 Å². The average molecular weight is 448 g/mol. The predicted molar refractivity (Wildman–Crippen MR) is 102 cm³/mol. The zero-order valence-electron chi connectivity index (χ0n) is 14.8. The van der Waals surface area contributed by atoms with Crippen molar-refractivity contribution in [2.24, 2.45) is 0 Å². The summed E-state index contributed by atoms with van der Waals surface area (Å²) in [6, 6.07) is 0. The van der Waals surface area contributed by atoms with Gasteiger partial charge in [-0.3, -0.25) is 18.7 Å². The first-order valence-electron chi connectivity index (χ1n) is 7.85. The number of rotatable bonds is 8. The van der Waals surface area contributed by atoms with Crippen molar-refractivity contribution in [2.45, 2.75) is 16.1 Å². The van der Waals surface area contributed by atoms with Crippen LogP contribution in [-0.2, 0) is 29.9 Å². The number of nitrogens with one attached hydrogen (secondary N) is 2. The number of thioether (sulfide) groups is 2. The summed E-state index contributed by atoms with van der Waals surface area (Å²) in [5.74, 6) is -2.15. The number of aromatic amines is 1. The second-order valence-corrected chi connectivity index (χ2v) is 9.40. The lowest BCUT2D eigenvalue weighted by molar-refractivity contribution is -0.192. The number of carbonyl (C=O) groups is 3. The molecule has 0 spiro atoms. The van der Waals surface area contributed by atoms with Gasteiger partial charge in [-0.1, -0.05) is 11.8 Å². The highest BCUT2D eigenvalue weighted by atomic mass is 32.2. The van der Waals surface area contributed by atoms with E-state index in [0.29, 0.717) is 22.1 Å². The maximum Gasteiger partial charge on any atom is 0.352 e. The largest absolute Gasteiger partial charge is 0.477 e. The van der Waals surface area contributed by atoms with Gasteiger partial charge in [0.25, 0.3) is 11.6 Å². The number of amides is 2. The summed E-state index contributed by atoms with van der Waals surface area (Å²) in [6.07, 6.45) is 2.88. The van der Waals surface area contributed by atoms with Gasteiger partial charge in [0.15, 0.2) is 0 Å². The summed E-state index contributed by atoms with van der Waals surface area (Å²) in [5.41, 5.74) is -1.24. The van der Waals surface area contributed by atoms with Gasteiger partial charge in [-0.05, 0) is 5.57 Å². The van der Waals surface area contributed by atoms with Crippen LogP contribution in [0.1, 0.15) is 0 Å². The molecule has 14 heteroatoms. The second-order valence-electron chi connectivity index (χ2n) is 5.90. The zero-order valence-corrected chi connectivity index (χ0v) is 17.3. The van der Waals surface area contributed by atoms with Crippen LogP contribution in [-0.4, -0.2) is 89.1 Å². The molecule has 28 heavy (non-hydrogen) atoms. The second kappa shape index (κ2) is 8.23. The van der Waals surface area contributed by atoms with Crippen molar-refractivity contribution in [3.63, 3.8) is 0 Å². The van der Waals surface area contributed by atoms with E-state index < -0.39 is 39.7 Å². The van der Waals surface area contributed by atoms with Gasteiger partial charge < -0.3 is 15.2 Å². The van der Waals surface area contributed by atoms with Crippen LogP contribution >= 0.6 is 23.5 Å². The molecule has 0 aliphatic carbocycles. The van der Waals surface area contributed by atoms with Crippen LogP contribution in [0.2, 0.25) is 0 Å². The minimum atomic E-state index is -1.67. The van der Waals surface area contributed by atoms with Gasteiger partial charge in [0.2, 0.25) is 5.91 Å². The minimum absolute atomic E-state index is 0.120. The van der Waals surface area contributed by atoms with E-state index in [1.165, 1.54) is 43.1 Å². The Bertz CT molecular complexity index is 860. The number of carboxylic acids is 1. The van der Waals surface area contributed by atoms with E-state index in [-0.39, 0.29) is 11.4 Å². The van der Waals surface area contributed by atoms with Crippen LogP contribution in [0.3, 0.4) is 0 Å². The smallest absolute Gasteiger partial charge is 0.352 e. The molecule has 2 amide bonds.